The van der Waals surface area contributed by atoms with E-state index in [-0.39, 0.29) is 0 Å². The van der Waals surface area contributed by atoms with Crippen LogP contribution >= 0.6 is 0 Å². The van der Waals surface area contributed by atoms with Crippen LogP contribution in [0.5, 0.6) is 0 Å². The van der Waals surface area contributed by atoms with Gasteiger partial charge in [-0.2, -0.15) is 0 Å². The molecule has 0 N–H and O–H groups in total. The molecule has 0 bridgehead atoms. The maximum atomic E-state index is 5.44. The first-order valence-electron chi connectivity index (χ1n) is 6.11. The Morgan fingerprint density at radius 1 is 1.40 bits per heavy atom. The van der Waals surface area contributed by atoms with Gasteiger partial charge in [0.25, 0.3) is 0 Å². The highest BCUT2D eigenvalue weighted by Gasteiger charge is 2.31. The molecule has 15 heavy (non-hydrogen) atoms. The van der Waals surface area contributed by atoms with Crippen LogP contribution < -0.4 is 0 Å². The van der Waals surface area contributed by atoms with E-state index in [1.54, 1.807) is 0 Å². The second kappa shape index (κ2) is 5.03. The van der Waals surface area contributed by atoms with Crippen LogP contribution in [0, 0.1) is 23.7 Å². The van der Waals surface area contributed by atoms with Crippen molar-refractivity contribution in [1.29, 1.82) is 0 Å². The SMILES string of the molecule is C#CCN(CCC(C)(C)C)C(C)C1CC1. The van der Waals surface area contributed by atoms with Crippen molar-refractivity contribution >= 4 is 0 Å². The van der Waals surface area contributed by atoms with Crippen molar-refractivity contribution in [3.05, 3.63) is 0 Å². The van der Waals surface area contributed by atoms with Gasteiger partial charge in [-0.05, 0) is 44.1 Å². The number of hydrogen-bond acceptors (Lipinski definition) is 1. The summed E-state index contributed by atoms with van der Waals surface area (Å²) in [7, 11) is 0. The number of nitrogens with zero attached hydrogens (tertiary/aromatic N) is 1. The molecule has 0 aromatic carbocycles. The maximum absolute atomic E-state index is 5.44. The number of hydrogen-bond donors (Lipinski definition) is 0. The highest BCUT2D eigenvalue weighted by molar-refractivity contribution is 4.93. The third-order valence-corrected chi connectivity index (χ3v) is 3.32. The molecular weight excluding hydrogens is 182 g/mol. The molecule has 0 amide bonds. The van der Waals surface area contributed by atoms with E-state index < -0.39 is 0 Å². The lowest BCUT2D eigenvalue weighted by Gasteiger charge is -2.30. The molecule has 1 nitrogen and oxygen atoms in total. The van der Waals surface area contributed by atoms with Crippen LogP contribution in [0.1, 0.15) is 47.0 Å². The van der Waals surface area contributed by atoms with Crippen molar-refractivity contribution < 1.29 is 0 Å². The summed E-state index contributed by atoms with van der Waals surface area (Å²) >= 11 is 0. The van der Waals surface area contributed by atoms with Crippen molar-refractivity contribution in [3.8, 4) is 12.3 Å². The molecule has 0 radical (unpaired) electrons. The summed E-state index contributed by atoms with van der Waals surface area (Å²) in [6.45, 7) is 11.2. The fourth-order valence-corrected chi connectivity index (χ4v) is 1.90. The van der Waals surface area contributed by atoms with Crippen LogP contribution in [0.2, 0.25) is 0 Å². The van der Waals surface area contributed by atoms with Crippen LogP contribution in [-0.4, -0.2) is 24.0 Å². The molecule has 1 unspecified atom stereocenters. The van der Waals surface area contributed by atoms with Crippen molar-refractivity contribution in [2.75, 3.05) is 13.1 Å². The standard InChI is InChI=1S/C14H25N/c1-6-10-15(11-9-14(3,4)5)12(2)13-7-8-13/h1,12-13H,7-11H2,2-5H3. The Morgan fingerprint density at radius 2 is 2.00 bits per heavy atom. The lowest BCUT2D eigenvalue weighted by atomic mass is 9.92. The lowest BCUT2D eigenvalue weighted by molar-refractivity contribution is 0.183. The molecule has 0 aromatic heterocycles. The highest BCUT2D eigenvalue weighted by Crippen LogP contribution is 2.35. The van der Waals surface area contributed by atoms with Crippen LogP contribution in [0.3, 0.4) is 0 Å². The Morgan fingerprint density at radius 3 is 2.40 bits per heavy atom. The van der Waals surface area contributed by atoms with Crippen LogP contribution in [0.4, 0.5) is 0 Å². The minimum atomic E-state index is 0.413. The van der Waals surface area contributed by atoms with Gasteiger partial charge in [-0.15, -0.1) is 6.42 Å². The third-order valence-electron chi connectivity index (χ3n) is 3.32. The molecule has 1 heteroatoms. The minimum Gasteiger partial charge on any atom is -0.289 e. The predicted octanol–water partition coefficient (Wildman–Crippen LogP) is 3.16. The van der Waals surface area contributed by atoms with Gasteiger partial charge in [-0.3, -0.25) is 4.90 Å². The van der Waals surface area contributed by atoms with Crippen molar-refractivity contribution in [2.45, 2.75) is 53.0 Å². The molecule has 1 aliphatic carbocycles. The molecule has 1 fully saturated rings. The summed E-state index contributed by atoms with van der Waals surface area (Å²) in [6.07, 6.45) is 9.46. The van der Waals surface area contributed by atoms with E-state index in [2.05, 4.69) is 38.5 Å². The molecule has 1 saturated carbocycles. The van der Waals surface area contributed by atoms with Crippen LogP contribution in [0.15, 0.2) is 0 Å². The molecule has 86 valence electrons. The van der Waals surface area contributed by atoms with Crippen molar-refractivity contribution in [1.82, 2.24) is 4.90 Å². The Hall–Kier alpha value is -0.480. The predicted molar refractivity (Wildman–Crippen MR) is 66.7 cm³/mol. The van der Waals surface area contributed by atoms with Gasteiger partial charge < -0.3 is 0 Å². The zero-order chi connectivity index (χ0) is 11.5. The maximum Gasteiger partial charge on any atom is 0.0601 e. The largest absolute Gasteiger partial charge is 0.289 e. The van der Waals surface area contributed by atoms with E-state index in [1.807, 2.05) is 0 Å². The van der Waals surface area contributed by atoms with Crippen molar-refractivity contribution in [3.63, 3.8) is 0 Å². The first-order valence-corrected chi connectivity index (χ1v) is 6.11. The summed E-state index contributed by atoms with van der Waals surface area (Å²) in [5, 5.41) is 0. The summed E-state index contributed by atoms with van der Waals surface area (Å²) in [5.74, 6) is 3.71. The molecule has 1 aliphatic rings. The lowest BCUT2D eigenvalue weighted by Crippen LogP contribution is -2.37. The van der Waals surface area contributed by atoms with Crippen LogP contribution in [0.25, 0.3) is 0 Å². The Kier molecular flexibility index (Phi) is 4.22. The molecule has 1 rings (SSSR count). The second-order valence-corrected chi connectivity index (χ2v) is 6.06. The van der Waals surface area contributed by atoms with E-state index in [0.29, 0.717) is 11.5 Å². The quantitative estimate of drug-likeness (QED) is 0.626. The van der Waals surface area contributed by atoms with Gasteiger partial charge in [-0.25, -0.2) is 0 Å². The zero-order valence-electron chi connectivity index (χ0n) is 10.7. The van der Waals surface area contributed by atoms with Gasteiger partial charge in [0.15, 0.2) is 0 Å². The zero-order valence-corrected chi connectivity index (χ0v) is 10.7. The number of rotatable bonds is 5. The van der Waals surface area contributed by atoms with E-state index in [4.69, 9.17) is 6.42 Å². The Bertz CT molecular complexity index is 227. The minimum absolute atomic E-state index is 0.413. The summed E-state index contributed by atoms with van der Waals surface area (Å²) < 4.78 is 0. The summed E-state index contributed by atoms with van der Waals surface area (Å²) in [5.41, 5.74) is 0.413. The molecule has 0 aliphatic heterocycles. The molecular formula is C14H25N. The molecule has 0 heterocycles. The Balaban J connectivity index is 2.39. The van der Waals surface area contributed by atoms with Gasteiger partial charge in [0.2, 0.25) is 0 Å². The van der Waals surface area contributed by atoms with Gasteiger partial charge in [-0.1, -0.05) is 26.7 Å². The average molecular weight is 207 g/mol. The molecule has 0 spiro atoms. The van der Waals surface area contributed by atoms with Gasteiger partial charge in [0.1, 0.15) is 0 Å². The molecule has 0 saturated heterocycles. The van der Waals surface area contributed by atoms with E-state index in [9.17, 15) is 0 Å². The van der Waals surface area contributed by atoms with E-state index in [0.717, 1.165) is 19.0 Å². The molecule has 0 aromatic rings. The number of terminal acetylenes is 1. The second-order valence-electron chi connectivity index (χ2n) is 6.06. The van der Waals surface area contributed by atoms with E-state index in [1.165, 1.54) is 19.3 Å². The summed E-state index contributed by atoms with van der Waals surface area (Å²) in [6, 6.07) is 0.684. The van der Waals surface area contributed by atoms with Crippen LogP contribution in [-0.2, 0) is 0 Å². The Labute approximate surface area is 95.2 Å². The first kappa shape index (κ1) is 12.6. The van der Waals surface area contributed by atoms with E-state index >= 15 is 0 Å². The van der Waals surface area contributed by atoms with Gasteiger partial charge in [0, 0.05) is 6.04 Å². The van der Waals surface area contributed by atoms with Gasteiger partial charge >= 0.3 is 0 Å². The highest BCUT2D eigenvalue weighted by atomic mass is 15.2. The summed E-state index contributed by atoms with van der Waals surface area (Å²) in [4.78, 5) is 2.48. The molecule has 1 atom stereocenters. The fraction of sp³-hybridized carbons (Fsp3) is 0.857. The normalized spacial score (nSPS) is 18.9. The smallest absolute Gasteiger partial charge is 0.0601 e. The first-order chi connectivity index (χ1) is 6.94. The fourth-order valence-electron chi connectivity index (χ4n) is 1.90. The average Bonchev–Trinajstić information content (AvgIpc) is 2.92. The monoisotopic (exact) mass is 207 g/mol. The van der Waals surface area contributed by atoms with Crippen molar-refractivity contribution in [2.24, 2.45) is 11.3 Å². The van der Waals surface area contributed by atoms with Gasteiger partial charge in [0.05, 0.1) is 6.54 Å². The topological polar surface area (TPSA) is 3.24 Å². The third kappa shape index (κ3) is 4.71.